The highest BCUT2D eigenvalue weighted by molar-refractivity contribution is 8.00. The molecule has 1 aliphatic rings. The van der Waals surface area contributed by atoms with Crippen LogP contribution in [0.3, 0.4) is 0 Å². The lowest BCUT2D eigenvalue weighted by Crippen LogP contribution is -2.12. The van der Waals surface area contributed by atoms with Gasteiger partial charge in [0.05, 0.1) is 17.4 Å². The second-order valence-electron chi connectivity index (χ2n) is 7.19. The molecule has 1 atom stereocenters. The van der Waals surface area contributed by atoms with Gasteiger partial charge in [0.25, 0.3) is 0 Å². The molecule has 5 rings (SSSR count). The van der Waals surface area contributed by atoms with Gasteiger partial charge >= 0.3 is 5.97 Å². The number of pyridine rings is 1. The number of carboxylic acid groups (broad SMARTS) is 1. The summed E-state index contributed by atoms with van der Waals surface area (Å²) in [7, 11) is 0. The van der Waals surface area contributed by atoms with Crippen molar-refractivity contribution in [3.63, 3.8) is 0 Å². The number of hydrogen-bond donors (Lipinski definition) is 1. The summed E-state index contributed by atoms with van der Waals surface area (Å²) in [6.45, 7) is 1.68. The van der Waals surface area contributed by atoms with Crippen molar-refractivity contribution >= 4 is 39.5 Å². The molecule has 6 heteroatoms. The normalized spacial score (nSPS) is 15.2. The smallest absolute Gasteiger partial charge is 0.316 e. The molecule has 28 heavy (non-hydrogen) atoms. The third-order valence-electron chi connectivity index (χ3n) is 5.25. The molecule has 1 fully saturated rings. The molecule has 1 N–H and O–H groups in total. The van der Waals surface area contributed by atoms with E-state index in [1.807, 2.05) is 6.07 Å². The Labute approximate surface area is 166 Å². The van der Waals surface area contributed by atoms with Crippen molar-refractivity contribution in [2.45, 2.75) is 36.1 Å². The van der Waals surface area contributed by atoms with E-state index in [0.717, 1.165) is 22.1 Å². The molecule has 2 aromatic carbocycles. The Bertz CT molecular complexity index is 1210. The summed E-state index contributed by atoms with van der Waals surface area (Å²) in [6, 6.07) is 14.7. The zero-order chi connectivity index (χ0) is 19.3. The van der Waals surface area contributed by atoms with Crippen molar-refractivity contribution in [1.29, 1.82) is 0 Å². The summed E-state index contributed by atoms with van der Waals surface area (Å²) in [5, 5.41) is 11.9. The first kappa shape index (κ1) is 17.3. The predicted molar refractivity (Wildman–Crippen MR) is 111 cm³/mol. The van der Waals surface area contributed by atoms with Crippen LogP contribution >= 0.6 is 11.8 Å². The van der Waals surface area contributed by atoms with E-state index < -0.39 is 11.2 Å². The Morgan fingerprint density at radius 1 is 1.18 bits per heavy atom. The number of hydrogen-bond acceptors (Lipinski definition) is 4. The van der Waals surface area contributed by atoms with Gasteiger partial charge in [-0.25, -0.2) is 4.98 Å². The fourth-order valence-electron chi connectivity index (χ4n) is 3.68. The van der Waals surface area contributed by atoms with E-state index >= 15 is 0 Å². The largest absolute Gasteiger partial charge is 0.480 e. The number of fused-ring (bicyclic) bond motifs is 2. The SMILES string of the molecule is CC(Sc1nc2cnccc2n1-c1ccc(C2CC2)c2ccccc12)C(=O)O. The van der Waals surface area contributed by atoms with E-state index in [9.17, 15) is 9.90 Å². The lowest BCUT2D eigenvalue weighted by molar-refractivity contribution is -0.136. The van der Waals surface area contributed by atoms with Gasteiger partial charge in [-0.3, -0.25) is 14.3 Å². The molecule has 0 aliphatic heterocycles. The number of nitrogens with zero attached hydrogens (tertiary/aromatic N) is 3. The molecule has 2 heterocycles. The van der Waals surface area contributed by atoms with Crippen molar-refractivity contribution in [3.05, 3.63) is 60.4 Å². The summed E-state index contributed by atoms with van der Waals surface area (Å²) < 4.78 is 2.07. The number of carboxylic acids is 1. The molecule has 0 spiro atoms. The first-order valence-electron chi connectivity index (χ1n) is 9.37. The Hall–Kier alpha value is -2.86. The van der Waals surface area contributed by atoms with Gasteiger partial charge in [0, 0.05) is 11.6 Å². The van der Waals surface area contributed by atoms with Crippen molar-refractivity contribution in [3.8, 4) is 5.69 Å². The minimum absolute atomic E-state index is 0.597. The van der Waals surface area contributed by atoms with E-state index in [1.165, 1.54) is 35.6 Å². The monoisotopic (exact) mass is 389 g/mol. The molecule has 1 aliphatic carbocycles. The molecule has 0 amide bonds. The molecular weight excluding hydrogens is 370 g/mol. The highest BCUT2D eigenvalue weighted by atomic mass is 32.2. The molecule has 0 bridgehead atoms. The second-order valence-corrected chi connectivity index (χ2v) is 8.49. The maximum absolute atomic E-state index is 11.4. The topological polar surface area (TPSA) is 68.0 Å². The van der Waals surface area contributed by atoms with Crippen molar-refractivity contribution in [2.24, 2.45) is 0 Å². The van der Waals surface area contributed by atoms with E-state index in [0.29, 0.717) is 11.1 Å². The lowest BCUT2D eigenvalue weighted by atomic mass is 9.99. The van der Waals surface area contributed by atoms with Gasteiger partial charge in [0.15, 0.2) is 5.16 Å². The number of aliphatic carboxylic acids is 1. The fourth-order valence-corrected chi connectivity index (χ4v) is 4.55. The maximum atomic E-state index is 11.4. The standard InChI is InChI=1S/C22H19N3O2S/c1-13(21(26)27)28-22-24-18-12-23-11-10-20(18)25(22)19-9-8-15(14-6-7-14)16-4-2-3-5-17(16)19/h2-5,8-14H,6-7H2,1H3,(H,26,27). The fraction of sp³-hybridized carbons (Fsp3) is 0.227. The Morgan fingerprint density at radius 2 is 1.96 bits per heavy atom. The molecule has 1 unspecified atom stereocenters. The summed E-state index contributed by atoms with van der Waals surface area (Å²) in [5.41, 5.74) is 4.12. The number of carbonyl (C=O) groups is 1. The first-order chi connectivity index (χ1) is 13.6. The summed E-state index contributed by atoms with van der Waals surface area (Å²) in [6.07, 6.45) is 5.97. The van der Waals surface area contributed by atoms with E-state index in [4.69, 9.17) is 0 Å². The number of imidazole rings is 1. The molecule has 140 valence electrons. The van der Waals surface area contributed by atoms with Crippen molar-refractivity contribution < 1.29 is 9.90 Å². The van der Waals surface area contributed by atoms with Crippen molar-refractivity contribution in [1.82, 2.24) is 14.5 Å². The molecular formula is C22H19N3O2S. The third kappa shape index (κ3) is 2.85. The van der Waals surface area contributed by atoms with Gasteiger partial charge in [-0.15, -0.1) is 0 Å². The average molecular weight is 389 g/mol. The molecule has 4 aromatic rings. The van der Waals surface area contributed by atoms with Crippen LogP contribution in [0, 0.1) is 0 Å². The minimum atomic E-state index is -0.851. The second kappa shape index (κ2) is 6.63. The molecule has 0 radical (unpaired) electrons. The molecule has 0 saturated heterocycles. The molecule has 1 saturated carbocycles. The highest BCUT2D eigenvalue weighted by Gasteiger charge is 2.27. The van der Waals surface area contributed by atoms with E-state index in [2.05, 4.69) is 50.9 Å². The van der Waals surface area contributed by atoms with Gasteiger partial charge in [-0.1, -0.05) is 42.1 Å². The van der Waals surface area contributed by atoms with Crippen LogP contribution < -0.4 is 0 Å². The zero-order valence-corrected chi connectivity index (χ0v) is 16.2. The van der Waals surface area contributed by atoms with Crippen LogP contribution in [0.5, 0.6) is 0 Å². The van der Waals surface area contributed by atoms with Crippen LogP contribution in [0.25, 0.3) is 27.5 Å². The summed E-state index contributed by atoms with van der Waals surface area (Å²) in [5.74, 6) is -0.195. The van der Waals surface area contributed by atoms with Gasteiger partial charge in [0.1, 0.15) is 10.8 Å². The summed E-state index contributed by atoms with van der Waals surface area (Å²) in [4.78, 5) is 20.3. The van der Waals surface area contributed by atoms with Crippen LogP contribution in [0.15, 0.2) is 60.0 Å². The Morgan fingerprint density at radius 3 is 2.71 bits per heavy atom. The van der Waals surface area contributed by atoms with Gasteiger partial charge in [-0.2, -0.15) is 0 Å². The van der Waals surface area contributed by atoms with E-state index in [-0.39, 0.29) is 0 Å². The third-order valence-corrected chi connectivity index (χ3v) is 6.29. The number of rotatable bonds is 5. The average Bonchev–Trinajstić information content (AvgIpc) is 3.48. The quantitative estimate of drug-likeness (QED) is 0.486. The van der Waals surface area contributed by atoms with Gasteiger partial charge in [-0.05, 0) is 48.8 Å². The van der Waals surface area contributed by atoms with Gasteiger partial charge < -0.3 is 5.11 Å². The minimum Gasteiger partial charge on any atom is -0.480 e. The summed E-state index contributed by atoms with van der Waals surface area (Å²) >= 11 is 1.25. The van der Waals surface area contributed by atoms with Crippen LogP contribution in [0.1, 0.15) is 31.2 Å². The number of aromatic nitrogens is 3. The van der Waals surface area contributed by atoms with Crippen LogP contribution in [0.4, 0.5) is 0 Å². The highest BCUT2D eigenvalue weighted by Crippen LogP contribution is 2.44. The molecule has 5 nitrogen and oxygen atoms in total. The van der Waals surface area contributed by atoms with E-state index in [1.54, 1.807) is 19.3 Å². The molecule has 2 aromatic heterocycles. The van der Waals surface area contributed by atoms with Crippen LogP contribution in [0.2, 0.25) is 0 Å². The maximum Gasteiger partial charge on any atom is 0.316 e. The predicted octanol–water partition coefficient (Wildman–Crippen LogP) is 5.02. The van der Waals surface area contributed by atoms with Crippen LogP contribution in [-0.4, -0.2) is 30.9 Å². The zero-order valence-electron chi connectivity index (χ0n) is 15.4. The Balaban J connectivity index is 1.77. The van der Waals surface area contributed by atoms with Crippen molar-refractivity contribution in [2.75, 3.05) is 0 Å². The number of thioether (sulfide) groups is 1. The lowest BCUT2D eigenvalue weighted by Gasteiger charge is -2.15. The Kier molecular flexibility index (Phi) is 4.09. The number of benzene rings is 2. The van der Waals surface area contributed by atoms with Gasteiger partial charge in [0.2, 0.25) is 0 Å². The van der Waals surface area contributed by atoms with Crippen LogP contribution in [-0.2, 0) is 4.79 Å². The first-order valence-corrected chi connectivity index (χ1v) is 10.3.